The van der Waals surface area contributed by atoms with E-state index in [1.165, 1.54) is 7.11 Å². The minimum atomic E-state index is -5.39. The first-order chi connectivity index (χ1) is 9.59. The van der Waals surface area contributed by atoms with Gasteiger partial charge in [-0.2, -0.15) is 13.2 Å². The fraction of sp³-hybridized carbons (Fsp3) is 0.364. The molecule has 2 N–H and O–H groups in total. The molecule has 10 heteroatoms. The van der Waals surface area contributed by atoms with Crippen molar-refractivity contribution in [1.82, 2.24) is 0 Å². The second kappa shape index (κ2) is 6.31. The number of sulfone groups is 1. The van der Waals surface area contributed by atoms with Gasteiger partial charge in [0.15, 0.2) is 6.10 Å². The SMILES string of the molecule is COC(CNc1ccc(S(=O)(=O)C(F)(F)F)cc1)C(=O)O. The molecule has 0 fully saturated rings. The van der Waals surface area contributed by atoms with Crippen molar-refractivity contribution >= 4 is 21.5 Å². The molecule has 0 saturated carbocycles. The third kappa shape index (κ3) is 4.08. The number of hydrogen-bond donors (Lipinski definition) is 2. The van der Waals surface area contributed by atoms with Crippen molar-refractivity contribution < 1.29 is 36.2 Å². The van der Waals surface area contributed by atoms with Gasteiger partial charge in [0.1, 0.15) is 0 Å². The summed E-state index contributed by atoms with van der Waals surface area (Å²) in [5.41, 5.74) is -5.11. The fourth-order valence-electron chi connectivity index (χ4n) is 1.37. The molecule has 1 aromatic carbocycles. The number of nitrogens with one attached hydrogen (secondary N) is 1. The van der Waals surface area contributed by atoms with Gasteiger partial charge in [0.05, 0.1) is 11.4 Å². The molecule has 1 atom stereocenters. The molecule has 0 bridgehead atoms. The zero-order chi connectivity index (χ0) is 16.3. The van der Waals surface area contributed by atoms with Crippen LogP contribution in [-0.4, -0.2) is 44.8 Å². The number of carboxylic acids is 1. The minimum Gasteiger partial charge on any atom is -0.479 e. The maximum atomic E-state index is 12.3. The van der Waals surface area contributed by atoms with E-state index in [1.807, 2.05) is 0 Å². The second-order valence-electron chi connectivity index (χ2n) is 3.92. The number of carboxylic acid groups (broad SMARTS) is 1. The van der Waals surface area contributed by atoms with Gasteiger partial charge in [0, 0.05) is 12.8 Å². The number of methoxy groups -OCH3 is 1. The number of rotatable bonds is 6. The molecule has 0 saturated heterocycles. The van der Waals surface area contributed by atoms with Gasteiger partial charge in [-0.15, -0.1) is 0 Å². The first kappa shape index (κ1) is 17.2. The summed E-state index contributed by atoms with van der Waals surface area (Å²) in [4.78, 5) is 9.79. The summed E-state index contributed by atoms with van der Waals surface area (Å²) in [6.45, 7) is -0.128. The quantitative estimate of drug-likeness (QED) is 0.822. The molecule has 0 heterocycles. The van der Waals surface area contributed by atoms with Crippen LogP contribution >= 0.6 is 0 Å². The highest BCUT2D eigenvalue weighted by Crippen LogP contribution is 2.30. The van der Waals surface area contributed by atoms with Crippen LogP contribution in [0.4, 0.5) is 18.9 Å². The number of alkyl halides is 3. The topological polar surface area (TPSA) is 92.7 Å². The lowest BCUT2D eigenvalue weighted by Gasteiger charge is -2.13. The highest BCUT2D eigenvalue weighted by molar-refractivity contribution is 7.92. The lowest BCUT2D eigenvalue weighted by Crippen LogP contribution is -2.30. The van der Waals surface area contributed by atoms with Gasteiger partial charge in [0.2, 0.25) is 0 Å². The summed E-state index contributed by atoms with van der Waals surface area (Å²) >= 11 is 0. The summed E-state index contributed by atoms with van der Waals surface area (Å²) in [6, 6.07) is 3.78. The third-order valence-corrected chi connectivity index (χ3v) is 4.02. The van der Waals surface area contributed by atoms with E-state index in [2.05, 4.69) is 10.1 Å². The fourth-order valence-corrected chi connectivity index (χ4v) is 2.13. The van der Waals surface area contributed by atoms with Crippen LogP contribution < -0.4 is 5.32 Å². The zero-order valence-corrected chi connectivity index (χ0v) is 11.5. The Morgan fingerprint density at radius 1 is 1.33 bits per heavy atom. The lowest BCUT2D eigenvalue weighted by molar-refractivity contribution is -0.147. The van der Waals surface area contributed by atoms with E-state index >= 15 is 0 Å². The number of hydrogen-bond acceptors (Lipinski definition) is 5. The van der Waals surface area contributed by atoms with Crippen LogP contribution in [0.15, 0.2) is 29.2 Å². The zero-order valence-electron chi connectivity index (χ0n) is 10.7. The summed E-state index contributed by atoms with van der Waals surface area (Å²) in [6.07, 6.45) is -1.14. The number of aliphatic carboxylic acids is 1. The maximum absolute atomic E-state index is 12.3. The van der Waals surface area contributed by atoms with Crippen molar-refractivity contribution in [1.29, 1.82) is 0 Å². The van der Waals surface area contributed by atoms with Gasteiger partial charge in [-0.05, 0) is 24.3 Å². The predicted octanol–water partition coefficient (Wildman–Crippen LogP) is 1.49. The Morgan fingerprint density at radius 3 is 2.24 bits per heavy atom. The average Bonchev–Trinajstić information content (AvgIpc) is 2.38. The number of ether oxygens (including phenoxy) is 1. The molecule has 21 heavy (non-hydrogen) atoms. The summed E-state index contributed by atoms with van der Waals surface area (Å²) < 4.78 is 63.9. The highest BCUT2D eigenvalue weighted by Gasteiger charge is 2.46. The normalized spacial score (nSPS) is 13.7. The molecule has 1 rings (SSSR count). The molecular weight excluding hydrogens is 315 g/mol. The van der Waals surface area contributed by atoms with Crippen molar-refractivity contribution in [2.75, 3.05) is 19.0 Å². The van der Waals surface area contributed by atoms with Crippen LogP contribution in [-0.2, 0) is 19.4 Å². The monoisotopic (exact) mass is 327 g/mol. The van der Waals surface area contributed by atoms with Crippen LogP contribution in [0.1, 0.15) is 0 Å². The molecule has 0 aliphatic rings. The van der Waals surface area contributed by atoms with Crippen LogP contribution in [0.2, 0.25) is 0 Å². The number of anilines is 1. The van der Waals surface area contributed by atoms with Crippen molar-refractivity contribution in [3.05, 3.63) is 24.3 Å². The molecule has 0 amide bonds. The van der Waals surface area contributed by atoms with Crippen LogP contribution in [0, 0.1) is 0 Å². The maximum Gasteiger partial charge on any atom is 0.501 e. The molecule has 1 aromatic rings. The van der Waals surface area contributed by atoms with Crippen molar-refractivity contribution in [2.45, 2.75) is 16.5 Å². The molecule has 0 aromatic heterocycles. The van der Waals surface area contributed by atoms with Gasteiger partial charge < -0.3 is 15.2 Å². The van der Waals surface area contributed by atoms with Crippen molar-refractivity contribution in [3.63, 3.8) is 0 Å². The smallest absolute Gasteiger partial charge is 0.479 e. The Hall–Kier alpha value is -1.81. The minimum absolute atomic E-state index is 0.128. The molecular formula is C11H12F3NO5S. The Balaban J connectivity index is 2.83. The van der Waals surface area contributed by atoms with E-state index in [1.54, 1.807) is 0 Å². The van der Waals surface area contributed by atoms with Gasteiger partial charge in [-0.25, -0.2) is 13.2 Å². The molecule has 118 valence electrons. The van der Waals surface area contributed by atoms with Crippen LogP contribution in [0.3, 0.4) is 0 Å². The summed E-state index contributed by atoms with van der Waals surface area (Å²) in [5, 5.41) is 11.3. The lowest BCUT2D eigenvalue weighted by atomic mass is 10.3. The Morgan fingerprint density at radius 2 is 1.86 bits per heavy atom. The predicted molar refractivity (Wildman–Crippen MR) is 66.6 cm³/mol. The van der Waals surface area contributed by atoms with Gasteiger partial charge in [-0.1, -0.05) is 0 Å². The summed E-state index contributed by atoms with van der Waals surface area (Å²) in [5.74, 6) is -1.21. The van der Waals surface area contributed by atoms with Gasteiger partial charge >= 0.3 is 11.5 Å². The molecule has 1 unspecified atom stereocenters. The van der Waals surface area contributed by atoms with E-state index in [0.717, 1.165) is 24.3 Å². The van der Waals surface area contributed by atoms with Crippen LogP contribution in [0.5, 0.6) is 0 Å². The van der Waals surface area contributed by atoms with Crippen molar-refractivity contribution in [2.24, 2.45) is 0 Å². The largest absolute Gasteiger partial charge is 0.501 e. The standard InChI is InChI=1S/C11H12F3NO5S/c1-20-9(10(16)17)6-15-7-2-4-8(5-3-7)21(18,19)11(12,13)14/h2-5,9,15H,6H2,1H3,(H,16,17). The molecule has 0 radical (unpaired) electrons. The molecule has 6 nitrogen and oxygen atoms in total. The number of halogens is 3. The number of carbonyl (C=O) groups is 1. The van der Waals surface area contributed by atoms with Gasteiger partial charge in [-0.3, -0.25) is 0 Å². The molecule has 0 aliphatic carbocycles. The average molecular weight is 327 g/mol. The first-order valence-corrected chi connectivity index (χ1v) is 6.99. The third-order valence-electron chi connectivity index (χ3n) is 2.52. The van der Waals surface area contributed by atoms with E-state index < -0.39 is 32.3 Å². The Labute approximate surface area is 118 Å². The second-order valence-corrected chi connectivity index (χ2v) is 5.86. The Kier molecular flexibility index (Phi) is 5.18. The van der Waals surface area contributed by atoms with E-state index in [0.29, 0.717) is 0 Å². The van der Waals surface area contributed by atoms with E-state index in [9.17, 15) is 26.4 Å². The van der Waals surface area contributed by atoms with E-state index in [-0.39, 0.29) is 12.2 Å². The highest BCUT2D eigenvalue weighted by atomic mass is 32.2. The molecule has 0 aliphatic heterocycles. The van der Waals surface area contributed by atoms with E-state index in [4.69, 9.17) is 5.11 Å². The van der Waals surface area contributed by atoms with Crippen LogP contribution in [0.25, 0.3) is 0 Å². The van der Waals surface area contributed by atoms with Crippen molar-refractivity contribution in [3.8, 4) is 0 Å². The van der Waals surface area contributed by atoms with Gasteiger partial charge in [0.25, 0.3) is 9.84 Å². The Bertz CT molecular complexity index is 597. The first-order valence-electron chi connectivity index (χ1n) is 5.50. The molecule has 0 spiro atoms. The number of benzene rings is 1. The summed E-state index contributed by atoms with van der Waals surface area (Å²) in [7, 11) is -4.20.